The van der Waals surface area contributed by atoms with Gasteiger partial charge in [-0.15, -0.1) is 0 Å². The van der Waals surface area contributed by atoms with Crippen LogP contribution in [0.3, 0.4) is 0 Å². The molecule has 0 aliphatic carbocycles. The fourth-order valence-electron chi connectivity index (χ4n) is 1.40. The summed E-state index contributed by atoms with van der Waals surface area (Å²) in [6.45, 7) is 2.79. The second kappa shape index (κ2) is 4.74. The van der Waals surface area contributed by atoms with E-state index in [1.807, 2.05) is 26.4 Å². The smallest absolute Gasteiger partial charge is 0.222 e. The number of aryl methyl sites for hydroxylation is 2. The summed E-state index contributed by atoms with van der Waals surface area (Å²) in [6, 6.07) is 0. The van der Waals surface area contributed by atoms with Crippen LogP contribution in [0.5, 0.6) is 0 Å². The van der Waals surface area contributed by atoms with Crippen LogP contribution in [-0.4, -0.2) is 26.3 Å². The van der Waals surface area contributed by atoms with Gasteiger partial charge in [-0.2, -0.15) is 5.10 Å². The van der Waals surface area contributed by atoms with Gasteiger partial charge in [0, 0.05) is 32.2 Å². The third-order valence-corrected chi connectivity index (χ3v) is 2.24. The molecule has 0 aliphatic rings. The quantitative estimate of drug-likeness (QED) is 0.835. The van der Waals surface area contributed by atoms with Gasteiger partial charge in [0.25, 0.3) is 0 Å². The molecule has 2 heterocycles. The highest BCUT2D eigenvalue weighted by molar-refractivity contribution is 5.24. The number of rotatable bonds is 4. The lowest BCUT2D eigenvalue weighted by Crippen LogP contribution is -2.07. The Balaban J connectivity index is 1.82. The first kappa shape index (κ1) is 10.6. The van der Waals surface area contributed by atoms with Crippen molar-refractivity contribution in [3.63, 3.8) is 0 Å². The second-order valence-electron chi connectivity index (χ2n) is 3.78. The van der Waals surface area contributed by atoms with Crippen molar-refractivity contribution in [2.45, 2.75) is 13.3 Å². The minimum atomic E-state index is 0.675. The molecular weight excluding hydrogens is 202 g/mol. The van der Waals surface area contributed by atoms with Crippen molar-refractivity contribution < 1.29 is 0 Å². The van der Waals surface area contributed by atoms with Crippen molar-refractivity contribution in [1.29, 1.82) is 0 Å². The van der Waals surface area contributed by atoms with E-state index in [0.717, 1.165) is 18.5 Å². The predicted octanol–water partition coefficient (Wildman–Crippen LogP) is 1.17. The summed E-state index contributed by atoms with van der Waals surface area (Å²) < 4.78 is 1.80. The zero-order valence-corrected chi connectivity index (χ0v) is 9.51. The van der Waals surface area contributed by atoms with Gasteiger partial charge in [-0.3, -0.25) is 4.68 Å². The Morgan fingerprint density at radius 2 is 2.00 bits per heavy atom. The molecule has 0 bridgehead atoms. The molecule has 5 heteroatoms. The summed E-state index contributed by atoms with van der Waals surface area (Å²) in [5, 5.41) is 7.28. The van der Waals surface area contributed by atoms with Gasteiger partial charge in [-0.05, 0) is 24.5 Å². The fraction of sp³-hybridized carbons (Fsp3) is 0.364. The van der Waals surface area contributed by atoms with E-state index in [1.165, 1.54) is 5.56 Å². The Bertz CT molecular complexity index is 446. The molecule has 1 N–H and O–H groups in total. The minimum Gasteiger partial charge on any atom is -0.354 e. The number of hydrogen-bond donors (Lipinski definition) is 1. The molecule has 5 nitrogen and oxygen atoms in total. The van der Waals surface area contributed by atoms with Crippen LogP contribution in [0, 0.1) is 6.92 Å². The Morgan fingerprint density at radius 3 is 2.62 bits per heavy atom. The van der Waals surface area contributed by atoms with Crippen LogP contribution in [0.4, 0.5) is 5.95 Å². The summed E-state index contributed by atoms with van der Waals surface area (Å²) >= 11 is 0. The van der Waals surface area contributed by atoms with E-state index in [4.69, 9.17) is 0 Å². The van der Waals surface area contributed by atoms with Crippen LogP contribution in [-0.2, 0) is 13.5 Å². The maximum Gasteiger partial charge on any atom is 0.222 e. The SMILES string of the molecule is Cc1cnc(NCCc2cnn(C)c2)nc1. The van der Waals surface area contributed by atoms with Crippen molar-refractivity contribution in [3.05, 3.63) is 35.9 Å². The predicted molar refractivity (Wildman–Crippen MR) is 62.2 cm³/mol. The highest BCUT2D eigenvalue weighted by Crippen LogP contribution is 2.00. The lowest BCUT2D eigenvalue weighted by Gasteiger charge is -2.02. The van der Waals surface area contributed by atoms with E-state index in [9.17, 15) is 0 Å². The van der Waals surface area contributed by atoms with E-state index in [2.05, 4.69) is 20.4 Å². The molecule has 2 aromatic rings. The van der Waals surface area contributed by atoms with Gasteiger partial charge in [0.1, 0.15) is 0 Å². The summed E-state index contributed by atoms with van der Waals surface area (Å²) in [5.41, 5.74) is 2.28. The van der Waals surface area contributed by atoms with Gasteiger partial charge in [0.2, 0.25) is 5.95 Å². The molecule has 0 radical (unpaired) electrons. The van der Waals surface area contributed by atoms with E-state index in [1.54, 1.807) is 17.1 Å². The Morgan fingerprint density at radius 1 is 1.25 bits per heavy atom. The van der Waals surface area contributed by atoms with Crippen LogP contribution >= 0.6 is 0 Å². The molecule has 0 atom stereocenters. The number of anilines is 1. The third-order valence-electron chi connectivity index (χ3n) is 2.24. The van der Waals surface area contributed by atoms with E-state index in [-0.39, 0.29) is 0 Å². The zero-order valence-electron chi connectivity index (χ0n) is 9.51. The van der Waals surface area contributed by atoms with E-state index >= 15 is 0 Å². The highest BCUT2D eigenvalue weighted by Gasteiger charge is 1.97. The maximum absolute atomic E-state index is 4.17. The number of nitrogens with one attached hydrogen (secondary N) is 1. The van der Waals surface area contributed by atoms with E-state index < -0.39 is 0 Å². The third kappa shape index (κ3) is 2.79. The van der Waals surface area contributed by atoms with Gasteiger partial charge >= 0.3 is 0 Å². The van der Waals surface area contributed by atoms with Crippen molar-refractivity contribution in [1.82, 2.24) is 19.7 Å². The van der Waals surface area contributed by atoms with E-state index in [0.29, 0.717) is 5.95 Å². The molecule has 0 spiro atoms. The van der Waals surface area contributed by atoms with Crippen molar-refractivity contribution >= 4 is 5.95 Å². The molecule has 16 heavy (non-hydrogen) atoms. The molecule has 84 valence electrons. The Kier molecular flexibility index (Phi) is 3.14. The molecule has 0 unspecified atom stereocenters. The van der Waals surface area contributed by atoms with Crippen LogP contribution in [0.25, 0.3) is 0 Å². The second-order valence-corrected chi connectivity index (χ2v) is 3.78. The molecule has 0 fully saturated rings. The monoisotopic (exact) mass is 217 g/mol. The first-order valence-corrected chi connectivity index (χ1v) is 5.24. The molecule has 0 aromatic carbocycles. The molecule has 0 saturated heterocycles. The first-order valence-electron chi connectivity index (χ1n) is 5.24. The van der Waals surface area contributed by atoms with Crippen LogP contribution < -0.4 is 5.32 Å². The molecule has 2 aromatic heterocycles. The van der Waals surface area contributed by atoms with Gasteiger partial charge < -0.3 is 5.32 Å². The topological polar surface area (TPSA) is 55.6 Å². The van der Waals surface area contributed by atoms with Crippen molar-refractivity contribution in [2.24, 2.45) is 7.05 Å². The zero-order chi connectivity index (χ0) is 11.4. The number of hydrogen-bond acceptors (Lipinski definition) is 4. The maximum atomic E-state index is 4.17. The van der Waals surface area contributed by atoms with Gasteiger partial charge in [0.05, 0.1) is 6.20 Å². The molecule has 0 amide bonds. The average molecular weight is 217 g/mol. The summed E-state index contributed by atoms with van der Waals surface area (Å²) in [4.78, 5) is 8.34. The number of aromatic nitrogens is 4. The standard InChI is InChI=1S/C11H15N5/c1-9-5-13-11(14-6-9)12-4-3-10-7-15-16(2)8-10/h5-8H,3-4H2,1-2H3,(H,12,13,14). The first-order chi connectivity index (χ1) is 7.74. The van der Waals surface area contributed by atoms with Crippen molar-refractivity contribution in [2.75, 3.05) is 11.9 Å². The highest BCUT2D eigenvalue weighted by atomic mass is 15.2. The van der Waals surface area contributed by atoms with Gasteiger partial charge in [0.15, 0.2) is 0 Å². The lowest BCUT2D eigenvalue weighted by molar-refractivity contribution is 0.766. The lowest BCUT2D eigenvalue weighted by atomic mass is 10.2. The Hall–Kier alpha value is -1.91. The van der Waals surface area contributed by atoms with Crippen LogP contribution in [0.1, 0.15) is 11.1 Å². The van der Waals surface area contributed by atoms with Gasteiger partial charge in [-0.25, -0.2) is 9.97 Å². The molecule has 2 rings (SSSR count). The molecule has 0 aliphatic heterocycles. The average Bonchev–Trinajstić information content (AvgIpc) is 2.67. The normalized spacial score (nSPS) is 10.4. The van der Waals surface area contributed by atoms with Gasteiger partial charge in [-0.1, -0.05) is 0 Å². The van der Waals surface area contributed by atoms with Crippen LogP contribution in [0.2, 0.25) is 0 Å². The Labute approximate surface area is 94.5 Å². The largest absolute Gasteiger partial charge is 0.354 e. The number of nitrogens with zero attached hydrogens (tertiary/aromatic N) is 4. The summed E-state index contributed by atoms with van der Waals surface area (Å²) in [6.07, 6.45) is 8.42. The summed E-state index contributed by atoms with van der Waals surface area (Å²) in [7, 11) is 1.92. The molecule has 0 saturated carbocycles. The van der Waals surface area contributed by atoms with Crippen LogP contribution in [0.15, 0.2) is 24.8 Å². The van der Waals surface area contributed by atoms with Crippen molar-refractivity contribution in [3.8, 4) is 0 Å². The summed E-state index contributed by atoms with van der Waals surface area (Å²) in [5.74, 6) is 0.675. The minimum absolute atomic E-state index is 0.675. The fourth-order valence-corrected chi connectivity index (χ4v) is 1.40. The molecular formula is C11H15N5.